The number of nitrogens with zero attached hydrogens (tertiary/aromatic N) is 6. The van der Waals surface area contributed by atoms with E-state index < -0.39 is 0 Å². The third-order valence-electron chi connectivity index (χ3n) is 5.30. The molecule has 0 unspecified atom stereocenters. The van der Waals surface area contributed by atoms with Gasteiger partial charge in [-0.15, -0.1) is 5.11 Å². The number of rotatable bonds is 8. The van der Waals surface area contributed by atoms with E-state index in [9.17, 15) is 4.39 Å². The lowest BCUT2D eigenvalue weighted by molar-refractivity contribution is 0.306. The van der Waals surface area contributed by atoms with E-state index in [0.29, 0.717) is 30.0 Å². The first-order chi connectivity index (χ1) is 17.2. The summed E-state index contributed by atoms with van der Waals surface area (Å²) in [7, 11) is 1.62. The molecule has 0 saturated carbocycles. The summed E-state index contributed by atoms with van der Waals surface area (Å²) in [6.45, 7) is 0.750. The van der Waals surface area contributed by atoms with Crippen molar-refractivity contribution in [3.05, 3.63) is 102 Å². The van der Waals surface area contributed by atoms with Gasteiger partial charge in [0.05, 0.1) is 30.9 Å². The quantitative estimate of drug-likeness (QED) is 0.268. The highest BCUT2D eigenvalue weighted by molar-refractivity contribution is 5.85. The van der Waals surface area contributed by atoms with Crippen molar-refractivity contribution in [1.29, 1.82) is 0 Å². The molecule has 0 saturated heterocycles. The molecule has 0 radical (unpaired) electrons. The van der Waals surface area contributed by atoms with Gasteiger partial charge in [0.25, 0.3) is 0 Å². The molecular weight excluding hydrogens is 447 g/mol. The third-order valence-corrected chi connectivity index (χ3v) is 5.30. The van der Waals surface area contributed by atoms with Crippen molar-refractivity contribution in [2.75, 3.05) is 7.11 Å². The lowest BCUT2D eigenvalue weighted by atomic mass is 10.2. The predicted molar refractivity (Wildman–Crippen MR) is 129 cm³/mol. The summed E-state index contributed by atoms with van der Waals surface area (Å²) in [5.74, 6) is 1.63. The van der Waals surface area contributed by atoms with E-state index in [2.05, 4.69) is 25.3 Å². The zero-order valence-corrected chi connectivity index (χ0v) is 18.9. The first kappa shape index (κ1) is 22.1. The Morgan fingerprint density at radius 2 is 1.71 bits per heavy atom. The molecule has 3 aromatic carbocycles. The average molecular weight is 468 g/mol. The summed E-state index contributed by atoms with van der Waals surface area (Å²) >= 11 is 0. The van der Waals surface area contributed by atoms with Gasteiger partial charge in [-0.1, -0.05) is 30.3 Å². The van der Waals surface area contributed by atoms with Crippen molar-refractivity contribution < 1.29 is 13.9 Å². The van der Waals surface area contributed by atoms with Gasteiger partial charge in [0, 0.05) is 6.07 Å². The van der Waals surface area contributed by atoms with Crippen LogP contribution < -0.4 is 9.47 Å². The lowest BCUT2D eigenvalue weighted by Gasteiger charge is -2.07. The molecule has 0 aliphatic rings. The maximum absolute atomic E-state index is 13.0. The van der Waals surface area contributed by atoms with Gasteiger partial charge in [-0.3, -0.25) is 0 Å². The normalized spacial score (nSPS) is 11.3. The monoisotopic (exact) mass is 468 g/mol. The number of hydrogen-bond donors (Lipinski definition) is 0. The van der Waals surface area contributed by atoms with Gasteiger partial charge in [-0.25, -0.2) is 19.0 Å². The molecule has 5 aromatic rings. The fraction of sp³-hybridized carbons (Fsp3) is 0.115. The Morgan fingerprint density at radius 3 is 2.51 bits per heavy atom. The molecule has 0 amide bonds. The van der Waals surface area contributed by atoms with Crippen LogP contribution in [0.3, 0.4) is 0 Å². The van der Waals surface area contributed by atoms with Crippen LogP contribution in [0.4, 0.5) is 10.2 Å². The minimum Gasteiger partial charge on any atom is -0.497 e. The molecule has 2 heterocycles. The second-order valence-corrected chi connectivity index (χ2v) is 7.65. The maximum Gasteiger partial charge on any atom is 0.188 e. The predicted octanol–water partition coefficient (Wildman–Crippen LogP) is 5.83. The van der Waals surface area contributed by atoms with Crippen molar-refractivity contribution in [1.82, 2.24) is 19.7 Å². The van der Waals surface area contributed by atoms with E-state index in [1.54, 1.807) is 30.1 Å². The van der Waals surface area contributed by atoms with Crippen molar-refractivity contribution in [3.63, 3.8) is 0 Å². The topological polar surface area (TPSA) is 86.8 Å². The van der Waals surface area contributed by atoms with Gasteiger partial charge in [0.2, 0.25) is 0 Å². The van der Waals surface area contributed by atoms with Crippen LogP contribution in [0, 0.1) is 5.82 Å². The molecule has 0 fully saturated rings. The van der Waals surface area contributed by atoms with E-state index in [0.717, 1.165) is 28.3 Å². The number of hydrogen-bond acceptors (Lipinski definition) is 7. The summed E-state index contributed by atoms with van der Waals surface area (Å²) in [5, 5.41) is 13.8. The molecule has 0 atom stereocenters. The maximum atomic E-state index is 13.0. The molecule has 174 valence electrons. The molecule has 2 aromatic heterocycles. The van der Waals surface area contributed by atoms with Crippen LogP contribution in [0.2, 0.25) is 0 Å². The molecule has 9 heteroatoms. The molecule has 0 aliphatic carbocycles. The molecular formula is C26H21FN6O2. The summed E-state index contributed by atoms with van der Waals surface area (Å²) in [5.41, 5.74) is 3.32. The Morgan fingerprint density at radius 1 is 0.914 bits per heavy atom. The number of benzene rings is 3. The lowest BCUT2D eigenvalue weighted by Crippen LogP contribution is -1.98. The van der Waals surface area contributed by atoms with Crippen LogP contribution in [-0.4, -0.2) is 26.9 Å². The highest BCUT2D eigenvalue weighted by Crippen LogP contribution is 2.25. The molecule has 8 nitrogen and oxygen atoms in total. The van der Waals surface area contributed by atoms with Crippen molar-refractivity contribution in [2.24, 2.45) is 10.2 Å². The van der Waals surface area contributed by atoms with Crippen molar-refractivity contribution in [3.8, 4) is 17.2 Å². The summed E-state index contributed by atoms with van der Waals surface area (Å²) in [6, 6.07) is 21.4. The summed E-state index contributed by atoms with van der Waals surface area (Å²) in [4.78, 5) is 8.63. The molecule has 35 heavy (non-hydrogen) atoms. The fourth-order valence-electron chi connectivity index (χ4n) is 3.46. The number of halogens is 1. The first-order valence-corrected chi connectivity index (χ1v) is 10.9. The van der Waals surface area contributed by atoms with Crippen molar-refractivity contribution in [2.45, 2.75) is 13.2 Å². The Kier molecular flexibility index (Phi) is 6.38. The standard InChI is InChI=1S/C26H21FN6O2/c1-34-23-4-2-3-21(13-23)33-26-24(15-31-33)25(28-17-29-26)32-30-14-18-7-11-22(12-8-18)35-16-19-5-9-20(27)10-6-19/h2-13,15,17H,14,16H2,1H3. The van der Waals surface area contributed by atoms with Crippen molar-refractivity contribution >= 4 is 16.9 Å². The molecule has 5 rings (SSSR count). The number of methoxy groups -OCH3 is 1. The molecule has 0 aliphatic heterocycles. The van der Waals surface area contributed by atoms with E-state index in [-0.39, 0.29) is 5.82 Å². The van der Waals surface area contributed by atoms with Crippen LogP contribution in [0.1, 0.15) is 11.1 Å². The molecule has 0 N–H and O–H groups in total. The SMILES string of the molecule is COc1cccc(-n2ncc3c(N=NCc4ccc(OCc5ccc(F)cc5)cc4)ncnc32)c1. The Hall–Kier alpha value is -4.66. The fourth-order valence-corrected chi connectivity index (χ4v) is 3.46. The number of aromatic nitrogens is 4. The zero-order valence-electron chi connectivity index (χ0n) is 18.9. The third kappa shape index (κ3) is 5.14. The molecule has 0 bridgehead atoms. The summed E-state index contributed by atoms with van der Waals surface area (Å²) < 4.78 is 25.8. The second-order valence-electron chi connectivity index (χ2n) is 7.65. The van der Waals surface area contributed by atoms with E-state index in [4.69, 9.17) is 9.47 Å². The summed E-state index contributed by atoms with van der Waals surface area (Å²) in [6.07, 6.45) is 3.12. The Bertz CT molecular complexity index is 1470. The van der Waals surface area contributed by atoms with Crippen LogP contribution in [0.5, 0.6) is 11.5 Å². The largest absolute Gasteiger partial charge is 0.497 e. The highest BCUT2D eigenvalue weighted by atomic mass is 19.1. The van der Waals surface area contributed by atoms with E-state index >= 15 is 0 Å². The van der Waals surface area contributed by atoms with Gasteiger partial charge in [-0.05, 0) is 47.5 Å². The van der Waals surface area contributed by atoms with Gasteiger partial charge in [-0.2, -0.15) is 10.2 Å². The average Bonchev–Trinajstić information content (AvgIpc) is 3.34. The number of fused-ring (bicyclic) bond motifs is 1. The van der Waals surface area contributed by atoms with E-state index in [1.165, 1.54) is 18.5 Å². The first-order valence-electron chi connectivity index (χ1n) is 10.9. The Balaban J connectivity index is 1.25. The second kappa shape index (κ2) is 10.1. The molecule has 0 spiro atoms. The van der Waals surface area contributed by atoms with Gasteiger partial charge >= 0.3 is 0 Å². The number of azo groups is 1. The smallest absolute Gasteiger partial charge is 0.188 e. The number of ether oxygens (including phenoxy) is 2. The zero-order chi connectivity index (χ0) is 24.0. The van der Waals surface area contributed by atoms with E-state index in [1.807, 2.05) is 48.5 Å². The van der Waals surface area contributed by atoms with Gasteiger partial charge in [0.15, 0.2) is 11.5 Å². The highest BCUT2D eigenvalue weighted by Gasteiger charge is 2.11. The van der Waals surface area contributed by atoms with Gasteiger partial charge in [0.1, 0.15) is 30.3 Å². The van der Waals surface area contributed by atoms with Crippen LogP contribution >= 0.6 is 0 Å². The minimum atomic E-state index is -0.263. The Labute approximate surface area is 200 Å². The van der Waals surface area contributed by atoms with Crippen LogP contribution in [-0.2, 0) is 13.2 Å². The van der Waals surface area contributed by atoms with Gasteiger partial charge < -0.3 is 9.47 Å². The minimum absolute atomic E-state index is 0.263. The van der Waals surface area contributed by atoms with Crippen LogP contribution in [0.15, 0.2) is 95.5 Å². The van der Waals surface area contributed by atoms with Crippen LogP contribution in [0.25, 0.3) is 16.7 Å².